The summed E-state index contributed by atoms with van der Waals surface area (Å²) < 4.78 is 0. The largest absolute Gasteiger partial charge is 0.0802 e. The Bertz CT molecular complexity index is 264. The molecule has 0 heterocycles. The SMILES string of the molecule is [B]C(C)(C)c1ccc(C(C)C)cc1. The summed E-state index contributed by atoms with van der Waals surface area (Å²) in [6.07, 6.45) is 0. The fourth-order valence-corrected chi connectivity index (χ4v) is 1.30. The van der Waals surface area contributed by atoms with Gasteiger partial charge >= 0.3 is 0 Å². The molecular formula is C12H17B. The molecular weight excluding hydrogens is 155 g/mol. The second-order valence-electron chi connectivity index (χ2n) is 4.50. The molecule has 0 unspecified atom stereocenters. The zero-order chi connectivity index (χ0) is 10.1. The summed E-state index contributed by atoms with van der Waals surface area (Å²) in [5, 5.41) is -0.227. The third-order valence-electron chi connectivity index (χ3n) is 2.32. The standard InChI is InChI=1S/C12H17B/c1-9(2)10-5-7-11(8-6-10)12(3,4)13/h5-9H,1-4H3. The van der Waals surface area contributed by atoms with Gasteiger partial charge in [0.05, 0.1) is 7.85 Å². The van der Waals surface area contributed by atoms with Gasteiger partial charge < -0.3 is 0 Å². The molecule has 1 rings (SSSR count). The highest BCUT2D eigenvalue weighted by Crippen LogP contribution is 2.21. The lowest BCUT2D eigenvalue weighted by atomic mass is 9.67. The molecule has 0 aromatic heterocycles. The van der Waals surface area contributed by atoms with Crippen LogP contribution in [0.15, 0.2) is 24.3 Å². The van der Waals surface area contributed by atoms with Crippen LogP contribution in [0.25, 0.3) is 0 Å². The van der Waals surface area contributed by atoms with Gasteiger partial charge in [-0.2, -0.15) is 0 Å². The molecule has 0 aliphatic rings. The maximum atomic E-state index is 5.98. The Hall–Kier alpha value is -0.715. The van der Waals surface area contributed by atoms with E-state index in [0.717, 1.165) is 0 Å². The Morgan fingerprint density at radius 1 is 1.08 bits per heavy atom. The van der Waals surface area contributed by atoms with Crippen LogP contribution in [0, 0.1) is 0 Å². The summed E-state index contributed by atoms with van der Waals surface area (Å²) in [6.45, 7) is 8.44. The second-order valence-corrected chi connectivity index (χ2v) is 4.50. The molecule has 1 aromatic rings. The van der Waals surface area contributed by atoms with Crippen LogP contribution in [0.1, 0.15) is 44.7 Å². The van der Waals surface area contributed by atoms with E-state index in [1.165, 1.54) is 11.1 Å². The van der Waals surface area contributed by atoms with Gasteiger partial charge in [-0.05, 0) is 16.8 Å². The van der Waals surface area contributed by atoms with E-state index in [0.29, 0.717) is 5.92 Å². The minimum atomic E-state index is -0.227. The van der Waals surface area contributed by atoms with Crippen molar-refractivity contribution in [3.63, 3.8) is 0 Å². The first-order valence-corrected chi connectivity index (χ1v) is 4.80. The van der Waals surface area contributed by atoms with E-state index < -0.39 is 0 Å². The molecule has 0 spiro atoms. The van der Waals surface area contributed by atoms with Crippen LogP contribution in [-0.2, 0) is 5.31 Å². The zero-order valence-electron chi connectivity index (χ0n) is 8.96. The Labute approximate surface area is 82.8 Å². The zero-order valence-corrected chi connectivity index (χ0v) is 8.96. The highest BCUT2D eigenvalue weighted by atomic mass is 14.1. The molecule has 0 saturated carbocycles. The molecule has 1 aromatic carbocycles. The summed E-state index contributed by atoms with van der Waals surface area (Å²) >= 11 is 0. The highest BCUT2D eigenvalue weighted by Gasteiger charge is 2.12. The summed E-state index contributed by atoms with van der Waals surface area (Å²) in [5.74, 6) is 0.593. The van der Waals surface area contributed by atoms with E-state index >= 15 is 0 Å². The van der Waals surface area contributed by atoms with E-state index in [1.54, 1.807) is 0 Å². The van der Waals surface area contributed by atoms with Crippen LogP contribution in [0.4, 0.5) is 0 Å². The minimum Gasteiger partial charge on any atom is -0.0639 e. The predicted molar refractivity (Wildman–Crippen MR) is 59.3 cm³/mol. The van der Waals surface area contributed by atoms with Crippen LogP contribution in [0.3, 0.4) is 0 Å². The minimum absolute atomic E-state index is 0.227. The van der Waals surface area contributed by atoms with Crippen molar-refractivity contribution in [3.8, 4) is 0 Å². The van der Waals surface area contributed by atoms with Gasteiger partial charge in [0, 0.05) is 0 Å². The molecule has 13 heavy (non-hydrogen) atoms. The van der Waals surface area contributed by atoms with Crippen molar-refractivity contribution in [2.24, 2.45) is 0 Å². The lowest BCUT2D eigenvalue weighted by Gasteiger charge is -2.20. The van der Waals surface area contributed by atoms with Gasteiger partial charge in [0.2, 0.25) is 0 Å². The van der Waals surface area contributed by atoms with E-state index in [1.807, 2.05) is 13.8 Å². The van der Waals surface area contributed by atoms with E-state index in [-0.39, 0.29) is 5.31 Å². The molecule has 0 nitrogen and oxygen atoms in total. The maximum absolute atomic E-state index is 5.98. The fourth-order valence-electron chi connectivity index (χ4n) is 1.30. The predicted octanol–water partition coefficient (Wildman–Crippen LogP) is 3.21. The summed E-state index contributed by atoms with van der Waals surface area (Å²) in [4.78, 5) is 0. The number of benzene rings is 1. The van der Waals surface area contributed by atoms with Gasteiger partial charge in [-0.25, -0.2) is 0 Å². The topological polar surface area (TPSA) is 0 Å². The molecule has 1 heteroatoms. The molecule has 0 N–H and O–H groups in total. The van der Waals surface area contributed by atoms with Crippen molar-refractivity contribution in [1.29, 1.82) is 0 Å². The first-order chi connectivity index (χ1) is 5.91. The van der Waals surface area contributed by atoms with Crippen LogP contribution < -0.4 is 0 Å². The highest BCUT2D eigenvalue weighted by molar-refractivity contribution is 6.15. The van der Waals surface area contributed by atoms with Crippen LogP contribution in [0.5, 0.6) is 0 Å². The van der Waals surface area contributed by atoms with Crippen LogP contribution >= 0.6 is 0 Å². The van der Waals surface area contributed by atoms with Crippen molar-refractivity contribution in [1.82, 2.24) is 0 Å². The normalized spacial score (nSPS) is 12.1. The van der Waals surface area contributed by atoms with Gasteiger partial charge in [0.1, 0.15) is 0 Å². The quantitative estimate of drug-likeness (QED) is 0.601. The average molecular weight is 172 g/mol. The van der Waals surface area contributed by atoms with Crippen molar-refractivity contribution in [3.05, 3.63) is 35.4 Å². The third-order valence-corrected chi connectivity index (χ3v) is 2.32. The van der Waals surface area contributed by atoms with Crippen molar-refractivity contribution >= 4 is 7.85 Å². The lowest BCUT2D eigenvalue weighted by Crippen LogP contribution is -2.16. The van der Waals surface area contributed by atoms with Crippen LogP contribution in [0.2, 0.25) is 0 Å². The summed E-state index contributed by atoms with van der Waals surface area (Å²) in [5.41, 5.74) is 2.56. The molecule has 0 saturated heterocycles. The van der Waals surface area contributed by atoms with Gasteiger partial charge in [-0.1, -0.05) is 57.5 Å². The van der Waals surface area contributed by atoms with Gasteiger partial charge in [0.25, 0.3) is 0 Å². The molecule has 0 atom stereocenters. The molecule has 0 amide bonds. The fraction of sp³-hybridized carbons (Fsp3) is 0.500. The smallest absolute Gasteiger partial charge is 0.0639 e. The lowest BCUT2D eigenvalue weighted by molar-refractivity contribution is 0.761. The molecule has 0 aliphatic carbocycles. The van der Waals surface area contributed by atoms with E-state index in [2.05, 4.69) is 38.1 Å². The van der Waals surface area contributed by atoms with Crippen LogP contribution in [-0.4, -0.2) is 7.85 Å². The molecule has 2 radical (unpaired) electrons. The first kappa shape index (κ1) is 10.4. The van der Waals surface area contributed by atoms with Crippen molar-refractivity contribution < 1.29 is 0 Å². The Balaban J connectivity index is 2.94. The second kappa shape index (κ2) is 3.57. The number of rotatable bonds is 2. The third kappa shape index (κ3) is 2.62. The number of hydrogen-bond acceptors (Lipinski definition) is 0. The number of hydrogen-bond donors (Lipinski definition) is 0. The molecule has 0 bridgehead atoms. The first-order valence-electron chi connectivity index (χ1n) is 4.80. The van der Waals surface area contributed by atoms with Crippen molar-refractivity contribution in [2.45, 2.75) is 38.9 Å². The van der Waals surface area contributed by atoms with Gasteiger partial charge in [-0.15, -0.1) is 0 Å². The Morgan fingerprint density at radius 3 is 1.85 bits per heavy atom. The van der Waals surface area contributed by atoms with Gasteiger partial charge in [0.15, 0.2) is 0 Å². The maximum Gasteiger partial charge on any atom is 0.0802 e. The van der Waals surface area contributed by atoms with E-state index in [4.69, 9.17) is 7.85 Å². The molecule has 0 fully saturated rings. The Kier molecular flexibility index (Phi) is 2.85. The summed E-state index contributed by atoms with van der Waals surface area (Å²) in [6, 6.07) is 8.56. The monoisotopic (exact) mass is 172 g/mol. The summed E-state index contributed by atoms with van der Waals surface area (Å²) in [7, 11) is 5.98. The Morgan fingerprint density at radius 2 is 1.54 bits per heavy atom. The van der Waals surface area contributed by atoms with E-state index in [9.17, 15) is 0 Å². The molecule has 68 valence electrons. The molecule has 0 aliphatic heterocycles. The van der Waals surface area contributed by atoms with Crippen molar-refractivity contribution in [2.75, 3.05) is 0 Å². The van der Waals surface area contributed by atoms with Gasteiger partial charge in [-0.3, -0.25) is 0 Å². The average Bonchev–Trinajstić information content (AvgIpc) is 2.03.